The van der Waals surface area contributed by atoms with E-state index in [-0.39, 0.29) is 5.56 Å². The topological polar surface area (TPSA) is 58.2 Å². The summed E-state index contributed by atoms with van der Waals surface area (Å²) < 4.78 is 27.7. The molecule has 128 valence electrons. The van der Waals surface area contributed by atoms with Gasteiger partial charge >= 0.3 is 0 Å². The van der Waals surface area contributed by atoms with Crippen LogP contribution in [0.25, 0.3) is 6.08 Å². The molecule has 1 aliphatic heterocycles. The zero-order valence-electron chi connectivity index (χ0n) is 13.7. The number of fused-ring (bicyclic) bond motifs is 1. The van der Waals surface area contributed by atoms with Crippen LogP contribution in [0.1, 0.15) is 23.6 Å². The summed E-state index contributed by atoms with van der Waals surface area (Å²) >= 11 is 0. The number of carbonyl (C=O) groups is 2. The lowest BCUT2D eigenvalue weighted by Gasteiger charge is -2.10. The highest BCUT2D eigenvalue weighted by Gasteiger charge is 2.42. The van der Waals surface area contributed by atoms with Crippen molar-refractivity contribution < 1.29 is 18.4 Å². The molecule has 0 aliphatic carbocycles. The van der Waals surface area contributed by atoms with Crippen LogP contribution in [0.3, 0.4) is 0 Å². The van der Waals surface area contributed by atoms with E-state index in [2.05, 4.69) is 10.6 Å². The van der Waals surface area contributed by atoms with Crippen LogP contribution in [0.2, 0.25) is 0 Å². The number of hydrogen-bond donors (Lipinski definition) is 2. The molecule has 4 nitrogen and oxygen atoms in total. The predicted octanol–water partition coefficient (Wildman–Crippen LogP) is 3.92. The van der Waals surface area contributed by atoms with E-state index >= 15 is 0 Å². The Morgan fingerprint density at radius 3 is 2.80 bits per heavy atom. The first-order valence-electron chi connectivity index (χ1n) is 7.68. The Morgan fingerprint density at radius 1 is 1.28 bits per heavy atom. The van der Waals surface area contributed by atoms with Crippen LogP contribution in [-0.2, 0) is 15.3 Å². The molecule has 6 heteroatoms. The number of halogens is 2. The van der Waals surface area contributed by atoms with Crippen LogP contribution in [0, 0.1) is 12.7 Å². The fourth-order valence-corrected chi connectivity index (χ4v) is 2.63. The lowest BCUT2D eigenvalue weighted by Crippen LogP contribution is -2.25. The minimum absolute atomic E-state index is 0.273. The summed E-state index contributed by atoms with van der Waals surface area (Å²) in [4.78, 5) is 23.6. The quantitative estimate of drug-likeness (QED) is 0.831. The smallest absolute Gasteiger partial charge is 0.266 e. The molecule has 0 fully saturated rings. The second-order valence-electron chi connectivity index (χ2n) is 6.00. The molecule has 0 saturated heterocycles. The molecule has 2 aromatic rings. The van der Waals surface area contributed by atoms with Gasteiger partial charge in [0, 0.05) is 28.6 Å². The van der Waals surface area contributed by atoms with Crippen molar-refractivity contribution in [2.24, 2.45) is 0 Å². The van der Waals surface area contributed by atoms with Crippen LogP contribution in [-0.4, -0.2) is 11.8 Å². The third-order valence-electron chi connectivity index (χ3n) is 4.18. The monoisotopic (exact) mass is 342 g/mol. The first kappa shape index (κ1) is 16.8. The molecule has 0 saturated carbocycles. The molecule has 3 rings (SSSR count). The maximum atomic E-state index is 14.2. The van der Waals surface area contributed by atoms with Gasteiger partial charge in [0.25, 0.3) is 5.91 Å². The highest BCUT2D eigenvalue weighted by Crippen LogP contribution is 2.39. The second-order valence-corrected chi connectivity index (χ2v) is 6.00. The molecule has 1 heterocycles. The Kier molecular flexibility index (Phi) is 4.12. The van der Waals surface area contributed by atoms with Crippen molar-refractivity contribution in [2.75, 3.05) is 10.6 Å². The van der Waals surface area contributed by atoms with Gasteiger partial charge < -0.3 is 10.6 Å². The molecule has 2 N–H and O–H groups in total. The number of amides is 2. The highest BCUT2D eigenvalue weighted by atomic mass is 19.1. The van der Waals surface area contributed by atoms with E-state index in [0.29, 0.717) is 22.5 Å². The average molecular weight is 342 g/mol. The van der Waals surface area contributed by atoms with Crippen molar-refractivity contribution in [3.63, 3.8) is 0 Å². The number of nitrogens with one attached hydrogen (secondary N) is 2. The van der Waals surface area contributed by atoms with Crippen LogP contribution >= 0.6 is 0 Å². The van der Waals surface area contributed by atoms with E-state index in [4.69, 9.17) is 0 Å². The van der Waals surface area contributed by atoms with Gasteiger partial charge in [-0.25, -0.2) is 8.78 Å². The van der Waals surface area contributed by atoms with Gasteiger partial charge in [-0.05, 0) is 43.7 Å². The van der Waals surface area contributed by atoms with Crippen molar-refractivity contribution in [3.8, 4) is 0 Å². The largest absolute Gasteiger partial charge is 0.323 e. The van der Waals surface area contributed by atoms with E-state index < -0.39 is 23.3 Å². The number of benzene rings is 2. The normalized spacial score (nSPS) is 19.0. The Hall–Kier alpha value is -3.02. The molecule has 25 heavy (non-hydrogen) atoms. The summed E-state index contributed by atoms with van der Waals surface area (Å²) in [6.45, 7) is 2.78. The van der Waals surface area contributed by atoms with E-state index in [9.17, 15) is 18.4 Å². The average Bonchev–Trinajstić information content (AvgIpc) is 2.79. The molecule has 1 aliphatic rings. The highest BCUT2D eigenvalue weighted by molar-refractivity contribution is 6.05. The maximum absolute atomic E-state index is 14.2. The van der Waals surface area contributed by atoms with Crippen molar-refractivity contribution in [1.82, 2.24) is 0 Å². The molecule has 2 aromatic carbocycles. The summed E-state index contributed by atoms with van der Waals surface area (Å²) in [5.74, 6) is -1.53. The molecule has 0 aromatic heterocycles. The van der Waals surface area contributed by atoms with Gasteiger partial charge in [-0.3, -0.25) is 9.59 Å². The summed E-state index contributed by atoms with van der Waals surface area (Å²) in [6, 6.07) is 9.17. The van der Waals surface area contributed by atoms with Crippen LogP contribution < -0.4 is 10.6 Å². The number of anilines is 2. The summed E-state index contributed by atoms with van der Waals surface area (Å²) in [5.41, 5.74) is -0.0178. The third-order valence-corrected chi connectivity index (χ3v) is 4.18. The Morgan fingerprint density at radius 2 is 2.04 bits per heavy atom. The zero-order valence-corrected chi connectivity index (χ0v) is 13.7. The first-order chi connectivity index (χ1) is 11.8. The van der Waals surface area contributed by atoms with Crippen molar-refractivity contribution >= 4 is 29.3 Å². The summed E-state index contributed by atoms with van der Waals surface area (Å²) in [6.07, 6.45) is 2.82. The number of alkyl halides is 1. The predicted molar refractivity (Wildman–Crippen MR) is 92.3 cm³/mol. The van der Waals surface area contributed by atoms with E-state index in [0.717, 1.165) is 0 Å². The number of carbonyl (C=O) groups excluding carboxylic acids is 2. The summed E-state index contributed by atoms with van der Waals surface area (Å²) in [7, 11) is 0. The van der Waals surface area contributed by atoms with Gasteiger partial charge in [0.15, 0.2) is 0 Å². The fourth-order valence-electron chi connectivity index (χ4n) is 2.63. The van der Waals surface area contributed by atoms with E-state index in [1.807, 2.05) is 0 Å². The van der Waals surface area contributed by atoms with Gasteiger partial charge in [-0.2, -0.15) is 0 Å². The molecule has 2 amide bonds. The van der Waals surface area contributed by atoms with E-state index in [1.54, 1.807) is 25.1 Å². The van der Waals surface area contributed by atoms with Crippen LogP contribution in [0.4, 0.5) is 20.2 Å². The standard InChI is InChI=1S/C19H16F2N2O2/c1-11-14(20)4-3-5-15(11)22-17(24)9-7-12-6-8-13-16(10-12)23-18(25)19(13,2)21/h3-10H,1-2H3,(H,22,24)(H,23,25)/b9-7+. The molecule has 1 atom stereocenters. The Bertz CT molecular complexity index is 904. The van der Waals surface area contributed by atoms with Crippen molar-refractivity contribution in [2.45, 2.75) is 19.5 Å². The van der Waals surface area contributed by atoms with Crippen molar-refractivity contribution in [1.29, 1.82) is 0 Å². The third kappa shape index (κ3) is 3.15. The maximum Gasteiger partial charge on any atom is 0.266 e. The van der Waals surface area contributed by atoms with Gasteiger partial charge in [0.05, 0.1) is 0 Å². The lowest BCUT2D eigenvalue weighted by molar-refractivity contribution is -0.125. The molecular formula is C19H16F2N2O2. The second kappa shape index (κ2) is 6.12. The Balaban J connectivity index is 1.75. The molecule has 1 unspecified atom stereocenters. The minimum atomic E-state index is -2.05. The molecule has 0 bridgehead atoms. The molecule has 0 spiro atoms. The first-order valence-corrected chi connectivity index (χ1v) is 7.68. The van der Waals surface area contributed by atoms with Crippen LogP contribution in [0.5, 0.6) is 0 Å². The number of hydrogen-bond acceptors (Lipinski definition) is 2. The fraction of sp³-hybridized carbons (Fsp3) is 0.158. The van der Waals surface area contributed by atoms with Crippen LogP contribution in [0.15, 0.2) is 42.5 Å². The van der Waals surface area contributed by atoms with Crippen molar-refractivity contribution in [3.05, 3.63) is 65.0 Å². The SMILES string of the molecule is Cc1c(F)cccc1NC(=O)/C=C/c1ccc2c(c1)NC(=O)C2(C)F. The minimum Gasteiger partial charge on any atom is -0.323 e. The zero-order chi connectivity index (χ0) is 18.2. The number of rotatable bonds is 3. The lowest BCUT2D eigenvalue weighted by atomic mass is 9.98. The van der Waals surface area contributed by atoms with E-state index in [1.165, 1.54) is 37.3 Å². The van der Waals surface area contributed by atoms with Gasteiger partial charge in [0.2, 0.25) is 11.6 Å². The Labute approximate surface area is 143 Å². The van der Waals surface area contributed by atoms with Gasteiger partial charge in [-0.1, -0.05) is 18.2 Å². The molecule has 0 radical (unpaired) electrons. The van der Waals surface area contributed by atoms with Gasteiger partial charge in [0.1, 0.15) is 5.82 Å². The van der Waals surface area contributed by atoms with Gasteiger partial charge in [-0.15, -0.1) is 0 Å². The summed E-state index contributed by atoms with van der Waals surface area (Å²) in [5, 5.41) is 5.08. The molecular weight excluding hydrogens is 326 g/mol.